The monoisotopic (exact) mass is 394 g/mol. The molecule has 3 fully saturated rings. The molecular formula is C22H30F2NO3+. The molecule has 4 atom stereocenters. The fourth-order valence-electron chi connectivity index (χ4n) is 5.55. The van der Waals surface area contributed by atoms with Gasteiger partial charge in [-0.25, -0.2) is 13.6 Å². The molecule has 6 heteroatoms. The lowest BCUT2D eigenvalue weighted by atomic mass is 9.72. The Balaban J connectivity index is 1.49. The zero-order chi connectivity index (χ0) is 20.2. The van der Waals surface area contributed by atoms with Crippen LogP contribution in [0.1, 0.15) is 31.2 Å². The van der Waals surface area contributed by atoms with Crippen LogP contribution in [0.2, 0.25) is 0 Å². The lowest BCUT2D eigenvalue weighted by Gasteiger charge is -2.39. The lowest BCUT2D eigenvalue weighted by molar-refractivity contribution is -0.883. The molecule has 0 spiro atoms. The van der Waals surface area contributed by atoms with Crippen molar-refractivity contribution >= 4 is 5.97 Å². The molecule has 2 aliphatic carbocycles. The number of esters is 1. The number of hydrogen-bond donors (Lipinski definition) is 1. The van der Waals surface area contributed by atoms with Crippen LogP contribution < -0.4 is 0 Å². The van der Waals surface area contributed by atoms with Crippen molar-refractivity contribution in [3.8, 4) is 0 Å². The Hall–Kier alpha value is -1.53. The van der Waals surface area contributed by atoms with Crippen molar-refractivity contribution in [3.63, 3.8) is 0 Å². The van der Waals surface area contributed by atoms with Gasteiger partial charge in [0.2, 0.25) is 5.92 Å². The van der Waals surface area contributed by atoms with Crippen molar-refractivity contribution in [2.75, 3.05) is 33.8 Å². The Morgan fingerprint density at radius 2 is 1.89 bits per heavy atom. The van der Waals surface area contributed by atoms with Crippen LogP contribution in [0.25, 0.3) is 0 Å². The fraction of sp³-hybridized carbons (Fsp3) is 0.682. The van der Waals surface area contributed by atoms with Gasteiger partial charge in [-0.1, -0.05) is 30.3 Å². The largest absolute Gasteiger partial charge is 0.463 e. The summed E-state index contributed by atoms with van der Waals surface area (Å²) in [5, 5.41) is 11.4. The topological polar surface area (TPSA) is 46.5 Å². The maximum atomic E-state index is 14.1. The summed E-state index contributed by atoms with van der Waals surface area (Å²) in [6.45, 7) is 2.42. The average Bonchev–Trinajstić information content (AvgIpc) is 3.13. The first-order valence-corrected chi connectivity index (χ1v) is 10.3. The van der Waals surface area contributed by atoms with Crippen molar-refractivity contribution in [2.24, 2.45) is 23.7 Å². The van der Waals surface area contributed by atoms with Crippen molar-refractivity contribution in [1.82, 2.24) is 0 Å². The molecule has 4 rings (SSSR count). The Kier molecular flexibility index (Phi) is 4.78. The van der Waals surface area contributed by atoms with Gasteiger partial charge in [-0.3, -0.25) is 0 Å². The molecule has 2 saturated carbocycles. The van der Waals surface area contributed by atoms with Gasteiger partial charge in [0.25, 0.3) is 0 Å². The zero-order valence-corrected chi connectivity index (χ0v) is 16.6. The molecule has 2 unspecified atom stereocenters. The Bertz CT molecular complexity index is 725. The fourth-order valence-corrected chi connectivity index (χ4v) is 5.55. The minimum absolute atomic E-state index is 0.192. The van der Waals surface area contributed by atoms with Crippen LogP contribution in [-0.4, -0.2) is 55.3 Å². The molecule has 1 aliphatic heterocycles. The first-order valence-electron chi connectivity index (χ1n) is 10.3. The van der Waals surface area contributed by atoms with Crippen molar-refractivity contribution in [1.29, 1.82) is 0 Å². The predicted molar refractivity (Wildman–Crippen MR) is 101 cm³/mol. The van der Waals surface area contributed by atoms with Gasteiger partial charge in [0, 0.05) is 36.5 Å². The number of likely N-dealkylation sites (tertiary alicyclic amines) is 1. The standard InChI is InChI=1S/C22H30F2NO3/c1-25(2)12-17-18(13-25)19(17)14-28-20(26)22(27,15-7-4-3-5-8-15)16-9-6-10-21(23,24)11-16/h3-5,7-8,16-19,27H,6,9-14H2,1-2H3/q+1/t16-,17?,18?,19?,22-/m0/s1. The average molecular weight is 394 g/mol. The third-order valence-electron chi connectivity index (χ3n) is 7.08. The van der Waals surface area contributed by atoms with Gasteiger partial charge in [-0.05, 0) is 18.4 Å². The molecule has 0 amide bonds. The number of alkyl halides is 2. The van der Waals surface area contributed by atoms with E-state index in [1.807, 2.05) is 0 Å². The number of rotatable bonds is 5. The summed E-state index contributed by atoms with van der Waals surface area (Å²) in [6.07, 6.45) is -0.00692. The summed E-state index contributed by atoms with van der Waals surface area (Å²) in [7, 11) is 4.40. The number of nitrogens with zero attached hydrogens (tertiary/aromatic N) is 1. The van der Waals surface area contributed by atoms with E-state index in [1.54, 1.807) is 30.3 Å². The normalized spacial score (nSPS) is 34.9. The zero-order valence-electron chi connectivity index (χ0n) is 16.6. The van der Waals surface area contributed by atoms with E-state index in [2.05, 4.69) is 14.1 Å². The maximum absolute atomic E-state index is 14.1. The highest BCUT2D eigenvalue weighted by atomic mass is 19.3. The number of benzene rings is 1. The van der Waals surface area contributed by atoms with Crippen LogP contribution in [0.3, 0.4) is 0 Å². The van der Waals surface area contributed by atoms with Gasteiger partial charge in [0.1, 0.15) is 0 Å². The minimum Gasteiger partial charge on any atom is -0.463 e. The van der Waals surface area contributed by atoms with E-state index in [0.29, 0.717) is 36.2 Å². The van der Waals surface area contributed by atoms with E-state index in [9.17, 15) is 18.7 Å². The summed E-state index contributed by atoms with van der Waals surface area (Å²) in [6, 6.07) is 8.44. The summed E-state index contributed by atoms with van der Waals surface area (Å²) in [5.74, 6) is -3.02. The van der Waals surface area contributed by atoms with E-state index >= 15 is 0 Å². The number of piperidine rings is 1. The summed E-state index contributed by atoms with van der Waals surface area (Å²) >= 11 is 0. The maximum Gasteiger partial charge on any atom is 0.343 e. The number of quaternary nitrogens is 1. The van der Waals surface area contributed by atoms with Crippen LogP contribution in [0.4, 0.5) is 8.78 Å². The summed E-state index contributed by atoms with van der Waals surface area (Å²) in [5.41, 5.74) is -1.68. The molecule has 1 aromatic carbocycles. The van der Waals surface area contributed by atoms with Crippen LogP contribution in [0.5, 0.6) is 0 Å². The number of carbonyl (C=O) groups excluding carboxylic acids is 1. The third kappa shape index (κ3) is 3.57. The molecule has 28 heavy (non-hydrogen) atoms. The molecule has 1 heterocycles. The Morgan fingerprint density at radius 1 is 1.25 bits per heavy atom. The van der Waals surface area contributed by atoms with Crippen LogP contribution in [-0.2, 0) is 15.1 Å². The molecule has 1 N–H and O–H groups in total. The number of ether oxygens (including phenoxy) is 1. The molecule has 4 nitrogen and oxygen atoms in total. The van der Waals surface area contributed by atoms with E-state index in [-0.39, 0.29) is 13.0 Å². The number of halogens is 2. The summed E-state index contributed by atoms with van der Waals surface area (Å²) in [4.78, 5) is 13.0. The van der Waals surface area contributed by atoms with E-state index < -0.39 is 29.8 Å². The number of carbonyl (C=O) groups is 1. The van der Waals surface area contributed by atoms with Gasteiger partial charge < -0.3 is 14.3 Å². The minimum atomic E-state index is -2.86. The van der Waals surface area contributed by atoms with Gasteiger partial charge in [-0.15, -0.1) is 0 Å². The second kappa shape index (κ2) is 6.77. The molecule has 1 saturated heterocycles. The van der Waals surface area contributed by atoms with E-state index in [4.69, 9.17) is 4.74 Å². The molecule has 3 aliphatic rings. The molecule has 154 valence electrons. The molecule has 0 radical (unpaired) electrons. The van der Waals surface area contributed by atoms with Crippen molar-refractivity contribution in [2.45, 2.75) is 37.2 Å². The molecule has 1 aromatic rings. The van der Waals surface area contributed by atoms with Crippen molar-refractivity contribution in [3.05, 3.63) is 35.9 Å². The highest BCUT2D eigenvalue weighted by Crippen LogP contribution is 2.53. The second-order valence-corrected chi connectivity index (χ2v) is 9.67. The predicted octanol–water partition coefficient (Wildman–Crippen LogP) is 3.20. The number of aliphatic hydroxyl groups is 1. The van der Waals surface area contributed by atoms with Gasteiger partial charge >= 0.3 is 5.97 Å². The Morgan fingerprint density at radius 3 is 2.50 bits per heavy atom. The van der Waals surface area contributed by atoms with Gasteiger partial charge in [0.15, 0.2) is 5.60 Å². The number of fused-ring (bicyclic) bond motifs is 1. The van der Waals surface area contributed by atoms with E-state index in [0.717, 1.165) is 17.6 Å². The quantitative estimate of drug-likeness (QED) is 0.616. The van der Waals surface area contributed by atoms with Crippen LogP contribution >= 0.6 is 0 Å². The van der Waals surface area contributed by atoms with Crippen LogP contribution in [0, 0.1) is 23.7 Å². The van der Waals surface area contributed by atoms with E-state index in [1.165, 1.54) is 0 Å². The van der Waals surface area contributed by atoms with Gasteiger partial charge in [0.05, 0.1) is 33.8 Å². The molecular weight excluding hydrogens is 364 g/mol. The van der Waals surface area contributed by atoms with Crippen LogP contribution in [0.15, 0.2) is 30.3 Å². The highest BCUT2D eigenvalue weighted by Gasteiger charge is 2.61. The van der Waals surface area contributed by atoms with Gasteiger partial charge in [-0.2, -0.15) is 0 Å². The first kappa shape index (κ1) is 19.8. The lowest BCUT2D eigenvalue weighted by Crippen LogP contribution is -2.48. The Labute approximate surface area is 165 Å². The highest BCUT2D eigenvalue weighted by molar-refractivity contribution is 5.81. The number of hydrogen-bond acceptors (Lipinski definition) is 3. The van der Waals surface area contributed by atoms with Crippen molar-refractivity contribution < 1.29 is 27.9 Å². The SMILES string of the molecule is C[N+]1(C)CC2C(COC(=O)[C@](O)(c3ccccc3)[C@H]3CCCC(F)(F)C3)C2C1. The second-order valence-electron chi connectivity index (χ2n) is 9.67. The first-order chi connectivity index (χ1) is 13.1. The third-order valence-corrected chi connectivity index (χ3v) is 7.08. The summed E-state index contributed by atoms with van der Waals surface area (Å²) < 4.78 is 34.7. The molecule has 0 bridgehead atoms. The molecule has 0 aromatic heterocycles. The smallest absolute Gasteiger partial charge is 0.343 e.